The van der Waals surface area contributed by atoms with Gasteiger partial charge in [0.05, 0.1) is 0 Å². The average molecular weight is 938 g/mol. The smallest absolute Gasteiger partial charge is 0.493 e. The molecule has 0 aromatic heterocycles. The van der Waals surface area contributed by atoms with Crippen molar-refractivity contribution in [2.24, 2.45) is 0 Å². The number of aryl methyl sites for hydroxylation is 2. The first-order valence-electron chi connectivity index (χ1n) is 28.2. The second kappa shape index (κ2) is 47.1. The van der Waals surface area contributed by atoms with Crippen LogP contribution in [0.4, 0.5) is 0 Å². The minimum absolute atomic E-state index is 0. The zero-order chi connectivity index (χ0) is 46.6. The van der Waals surface area contributed by atoms with Crippen molar-refractivity contribution in [2.45, 2.75) is 285 Å². The van der Waals surface area contributed by atoms with Crippen LogP contribution in [0.25, 0.3) is 16.9 Å². The van der Waals surface area contributed by atoms with Crippen molar-refractivity contribution >= 4 is 11.4 Å². The first-order chi connectivity index (χ1) is 31.5. The number of rotatable bonds is 39. The van der Waals surface area contributed by atoms with Crippen molar-refractivity contribution < 1.29 is 21.2 Å². The van der Waals surface area contributed by atoms with Gasteiger partial charge in [0.15, 0.2) is 0 Å². The number of nitrogens with zero attached hydrogens (tertiary/aromatic N) is 2. The van der Waals surface area contributed by atoms with Crippen LogP contribution in [0.3, 0.4) is 0 Å². The maximum Gasteiger partial charge on any atom is 2.00 e. The van der Waals surface area contributed by atoms with Crippen molar-refractivity contribution in [1.82, 2.24) is 0 Å². The van der Waals surface area contributed by atoms with Crippen molar-refractivity contribution in [2.75, 3.05) is 0 Å². The van der Waals surface area contributed by atoms with Gasteiger partial charge in [-0.15, -0.1) is 0 Å². The minimum Gasteiger partial charge on any atom is -0.493 e. The third kappa shape index (κ3) is 33.2. The van der Waals surface area contributed by atoms with Gasteiger partial charge >= 0.3 is 16.5 Å². The van der Waals surface area contributed by atoms with Crippen LogP contribution < -0.4 is 0 Å². The van der Waals surface area contributed by atoms with Gasteiger partial charge in [0.2, 0.25) is 11.4 Å². The molecule has 0 saturated heterocycles. The Morgan fingerprint density at radius 3 is 1.03 bits per heavy atom. The Bertz CT molecular complexity index is 1410. The minimum atomic E-state index is 0. The molecule has 2 nitrogen and oxygen atoms in total. The van der Waals surface area contributed by atoms with Gasteiger partial charge in [-0.2, -0.15) is 12.8 Å². The summed E-state index contributed by atoms with van der Waals surface area (Å²) in [5, 5.41) is 0. The molecular weight excluding hydrogens is 831 g/mol. The molecule has 0 amide bonds. The van der Waals surface area contributed by atoms with Crippen molar-refractivity contribution in [1.29, 1.82) is 0 Å². The van der Waals surface area contributed by atoms with Gasteiger partial charge in [-0.1, -0.05) is 258 Å². The standard InChI is InChI=1S/C54H88N2.2C4H9.Ni/c1-4-7-10-12-14-16-18-20-22-24-26-28-30-32-34-38-48-40-36-43-50(45-48)53-47-52(42-9-6-3)54(56(53)55)51-44-37-41-49(46-51)39-35-33-31-29-27-25-23-21-19-17-15-13-11-8-5-2;2*1-3-4-2;/h36-37,40-41,43-47H,4-35,38-39,42H2,1-3H3;2*1,3-4H2,2H3;/q;2*-1;+2. The van der Waals surface area contributed by atoms with Crippen LogP contribution in [0, 0.1) is 13.8 Å². The van der Waals surface area contributed by atoms with E-state index in [-0.39, 0.29) is 16.5 Å². The van der Waals surface area contributed by atoms with E-state index in [9.17, 15) is 5.53 Å². The van der Waals surface area contributed by atoms with Gasteiger partial charge in [0.1, 0.15) is 0 Å². The molecule has 1 heterocycles. The quantitative estimate of drug-likeness (QED) is 0.0276. The first-order valence-corrected chi connectivity index (χ1v) is 28.2. The summed E-state index contributed by atoms with van der Waals surface area (Å²) < 4.78 is 1.50. The maximum atomic E-state index is 11.7. The van der Waals surface area contributed by atoms with Crippen LogP contribution in [0.2, 0.25) is 0 Å². The van der Waals surface area contributed by atoms with Crippen LogP contribution in [-0.2, 0) is 29.3 Å². The Hall–Kier alpha value is -1.99. The predicted molar refractivity (Wildman–Crippen MR) is 289 cm³/mol. The van der Waals surface area contributed by atoms with Gasteiger partial charge < -0.3 is 19.4 Å². The number of allylic oxidation sites excluding steroid dienone is 2. The topological polar surface area (TPSA) is 25.3 Å². The average Bonchev–Trinajstić information content (AvgIpc) is 3.66. The van der Waals surface area contributed by atoms with E-state index >= 15 is 0 Å². The summed E-state index contributed by atoms with van der Waals surface area (Å²) in [5.74, 6) is 0. The van der Waals surface area contributed by atoms with E-state index < -0.39 is 0 Å². The molecule has 65 heavy (non-hydrogen) atoms. The van der Waals surface area contributed by atoms with Crippen molar-refractivity contribution in [3.63, 3.8) is 0 Å². The fourth-order valence-electron chi connectivity index (χ4n) is 8.78. The Morgan fingerprint density at radius 1 is 0.385 bits per heavy atom. The van der Waals surface area contributed by atoms with Gasteiger partial charge in [-0.05, 0) is 73.9 Å². The molecule has 0 spiro atoms. The van der Waals surface area contributed by atoms with Gasteiger partial charge in [-0.3, -0.25) is 0 Å². The number of unbranched alkanes of at least 4 members (excludes halogenated alkanes) is 31. The zero-order valence-electron chi connectivity index (χ0n) is 43.9. The van der Waals surface area contributed by atoms with Crippen LogP contribution >= 0.6 is 0 Å². The third-order valence-electron chi connectivity index (χ3n) is 13.1. The van der Waals surface area contributed by atoms with Gasteiger partial charge in [0, 0.05) is 22.8 Å². The molecule has 3 rings (SSSR count). The molecule has 0 aliphatic carbocycles. The van der Waals surface area contributed by atoms with E-state index in [0.29, 0.717) is 0 Å². The van der Waals surface area contributed by atoms with E-state index in [2.05, 4.69) is 103 Å². The van der Waals surface area contributed by atoms with Crippen LogP contribution in [0.5, 0.6) is 0 Å². The Kier molecular flexibility index (Phi) is 45.7. The van der Waals surface area contributed by atoms with Crippen LogP contribution in [0.15, 0.2) is 60.2 Å². The zero-order valence-corrected chi connectivity index (χ0v) is 44.9. The second-order valence-corrected chi connectivity index (χ2v) is 19.3. The van der Waals surface area contributed by atoms with Crippen LogP contribution in [0.1, 0.15) is 294 Å². The summed E-state index contributed by atoms with van der Waals surface area (Å²) in [7, 11) is 0. The largest absolute Gasteiger partial charge is 2.00 e. The molecule has 0 saturated carbocycles. The van der Waals surface area contributed by atoms with Crippen LogP contribution in [-0.4, -0.2) is 4.70 Å². The molecule has 2 aromatic carbocycles. The molecule has 0 unspecified atom stereocenters. The maximum absolute atomic E-state index is 11.7. The molecule has 0 N–H and O–H groups in total. The normalized spacial score (nSPS) is 12.1. The molecule has 1 aliphatic rings. The summed E-state index contributed by atoms with van der Waals surface area (Å²) >= 11 is 0. The molecule has 3 heteroatoms. The molecule has 374 valence electrons. The monoisotopic (exact) mass is 937 g/mol. The predicted octanol–water partition coefficient (Wildman–Crippen LogP) is 21.7. The summed E-state index contributed by atoms with van der Waals surface area (Å²) in [5.41, 5.74) is 20.0. The molecule has 1 aliphatic heterocycles. The fourth-order valence-corrected chi connectivity index (χ4v) is 8.78. The second-order valence-electron chi connectivity index (χ2n) is 19.3. The summed E-state index contributed by atoms with van der Waals surface area (Å²) in [6.07, 6.45) is 54.4. The van der Waals surface area contributed by atoms with Gasteiger partial charge in [0.25, 0.3) is 0 Å². The number of hydrogen-bond acceptors (Lipinski definition) is 0. The molecule has 0 fully saturated rings. The van der Waals surface area contributed by atoms with Gasteiger partial charge in [-0.25, -0.2) is 4.70 Å². The molecule has 0 atom stereocenters. The Morgan fingerprint density at radius 2 is 0.692 bits per heavy atom. The summed E-state index contributed by atoms with van der Waals surface area (Å²) in [6, 6.07) is 18.0. The third-order valence-corrected chi connectivity index (χ3v) is 13.1. The summed E-state index contributed by atoms with van der Waals surface area (Å²) in [4.78, 5) is 0. The van der Waals surface area contributed by atoms with E-state index in [0.717, 1.165) is 67.5 Å². The fraction of sp³-hybridized carbons (Fsp3) is 0.710. The SMILES string of the molecule is CCCCCCCCCCCCCCCCCc1cccc(C2=CC(CCCC)=C(c3cccc(CCCCCCCCCCCCCCCCC)c3)[N+]2=[N-])c1.[CH2-]CCC.[CH2-]CCC.[Ni+2]. The van der Waals surface area contributed by atoms with E-state index in [4.69, 9.17) is 0 Å². The van der Waals surface area contributed by atoms with E-state index in [1.165, 1.54) is 227 Å². The van der Waals surface area contributed by atoms with Crippen molar-refractivity contribution in [3.05, 3.63) is 102 Å². The molecule has 0 radical (unpaired) electrons. The molecular formula is C62H106N2Ni. The number of benzene rings is 2. The van der Waals surface area contributed by atoms with E-state index in [1.54, 1.807) is 0 Å². The first kappa shape index (κ1) is 63.0. The molecule has 0 bridgehead atoms. The Balaban J connectivity index is 0.00000419. The number of hydrogen-bond donors (Lipinski definition) is 0. The van der Waals surface area contributed by atoms with E-state index in [1.807, 2.05) is 0 Å². The van der Waals surface area contributed by atoms with Crippen molar-refractivity contribution in [3.8, 4) is 0 Å². The summed E-state index contributed by atoms with van der Waals surface area (Å²) in [6.45, 7) is 18.3. The Labute approximate surface area is 417 Å². The molecule has 2 aromatic rings.